The molecule has 0 saturated heterocycles. The van der Waals surface area contributed by atoms with Crippen molar-refractivity contribution in [3.8, 4) is 11.5 Å². The van der Waals surface area contributed by atoms with Crippen molar-refractivity contribution >= 4 is 34.6 Å². The molecule has 0 fully saturated rings. The summed E-state index contributed by atoms with van der Waals surface area (Å²) in [6, 6.07) is 13.3. The van der Waals surface area contributed by atoms with Crippen molar-refractivity contribution in [1.29, 1.82) is 0 Å². The summed E-state index contributed by atoms with van der Waals surface area (Å²) in [5.41, 5.74) is 3.93. The van der Waals surface area contributed by atoms with Crippen molar-refractivity contribution in [2.24, 2.45) is 0 Å². The molecule has 34 heavy (non-hydrogen) atoms. The van der Waals surface area contributed by atoms with Crippen LogP contribution in [0.25, 0.3) is 0 Å². The van der Waals surface area contributed by atoms with E-state index < -0.39 is 0 Å². The molecule has 3 rings (SSSR count). The monoisotopic (exact) mass is 482 g/mol. The first-order valence-corrected chi connectivity index (χ1v) is 12.2. The molecule has 1 aliphatic rings. The van der Waals surface area contributed by atoms with Crippen molar-refractivity contribution in [3.63, 3.8) is 0 Å². The van der Waals surface area contributed by atoms with E-state index in [0.29, 0.717) is 46.8 Å². The van der Waals surface area contributed by atoms with Crippen molar-refractivity contribution < 1.29 is 14.3 Å². The molecule has 0 bridgehead atoms. The molecule has 7 nitrogen and oxygen atoms in total. The van der Waals surface area contributed by atoms with E-state index in [1.165, 1.54) is 0 Å². The maximum atomic E-state index is 13.6. The van der Waals surface area contributed by atoms with Gasteiger partial charge < -0.3 is 30.3 Å². The Hall–Kier alpha value is -3.26. The molecule has 8 heteroatoms. The number of carbonyl (C=O) groups excluding carboxylic acids is 1. The summed E-state index contributed by atoms with van der Waals surface area (Å²) in [6.07, 6.45) is 0. The zero-order valence-corrected chi connectivity index (χ0v) is 21.3. The van der Waals surface area contributed by atoms with Gasteiger partial charge >= 0.3 is 0 Å². The van der Waals surface area contributed by atoms with Crippen LogP contribution in [-0.4, -0.2) is 37.3 Å². The summed E-state index contributed by atoms with van der Waals surface area (Å²) in [7, 11) is 0. The zero-order chi connectivity index (χ0) is 24.7. The maximum Gasteiger partial charge on any atom is 0.255 e. The third-order valence-corrected chi connectivity index (χ3v) is 5.90. The van der Waals surface area contributed by atoms with Crippen LogP contribution in [0.15, 0.2) is 53.7 Å². The van der Waals surface area contributed by atoms with Gasteiger partial charge in [-0.15, -0.1) is 0 Å². The van der Waals surface area contributed by atoms with Gasteiger partial charge in [0, 0.05) is 30.5 Å². The maximum absolute atomic E-state index is 13.6. The number of anilines is 2. The van der Waals surface area contributed by atoms with E-state index in [1.54, 1.807) is 12.1 Å². The second-order valence-electron chi connectivity index (χ2n) is 7.81. The highest BCUT2D eigenvalue weighted by atomic mass is 32.1. The number of hydrogen-bond acceptors (Lipinski definition) is 5. The normalized spacial score (nSPS) is 15.3. The lowest BCUT2D eigenvalue weighted by molar-refractivity contribution is -0.113. The van der Waals surface area contributed by atoms with Crippen molar-refractivity contribution in [1.82, 2.24) is 10.6 Å². The number of nitrogens with zero attached hydrogens (tertiary/aromatic N) is 1. The standard InChI is InChI=1S/C26H34N4O3S/c1-6-30(7-2)19-12-10-18(11-13-19)24-23(17(5)27-26(34)29-24)25(31)28-21-16-20(32-8-3)14-15-22(21)33-9-4/h10-16,24H,6-9H2,1-5H3,(H,28,31)(H2,27,29,34). The lowest BCUT2D eigenvalue weighted by Gasteiger charge is -2.31. The van der Waals surface area contributed by atoms with Crippen LogP contribution in [0.5, 0.6) is 11.5 Å². The largest absolute Gasteiger partial charge is 0.494 e. The first-order chi connectivity index (χ1) is 16.4. The Morgan fingerprint density at radius 1 is 1.03 bits per heavy atom. The van der Waals surface area contributed by atoms with Crippen molar-refractivity contribution in [2.45, 2.75) is 40.7 Å². The fourth-order valence-electron chi connectivity index (χ4n) is 4.05. The molecule has 0 aromatic heterocycles. The summed E-state index contributed by atoms with van der Waals surface area (Å²) >= 11 is 5.40. The molecular weight excluding hydrogens is 448 g/mol. The zero-order valence-electron chi connectivity index (χ0n) is 20.5. The van der Waals surface area contributed by atoms with Gasteiger partial charge in [0.15, 0.2) is 5.11 Å². The van der Waals surface area contributed by atoms with E-state index in [0.717, 1.165) is 24.3 Å². The quantitative estimate of drug-likeness (QED) is 0.422. The molecule has 2 aromatic rings. The van der Waals surface area contributed by atoms with E-state index in [9.17, 15) is 4.79 Å². The molecule has 0 spiro atoms. The van der Waals surface area contributed by atoms with Crippen LogP contribution in [0.3, 0.4) is 0 Å². The number of carbonyl (C=O) groups is 1. The Bertz CT molecular complexity index is 1050. The van der Waals surface area contributed by atoms with Crippen molar-refractivity contribution in [3.05, 3.63) is 59.3 Å². The minimum absolute atomic E-state index is 0.243. The molecular formula is C26H34N4O3S. The second kappa shape index (κ2) is 11.7. The number of ether oxygens (including phenoxy) is 2. The van der Waals surface area contributed by atoms with Gasteiger partial charge in [-0.2, -0.15) is 0 Å². The summed E-state index contributed by atoms with van der Waals surface area (Å²) < 4.78 is 11.3. The van der Waals surface area contributed by atoms with Crippen LogP contribution in [0.4, 0.5) is 11.4 Å². The number of thiocarbonyl (C=S) groups is 1. The van der Waals surface area contributed by atoms with Crippen molar-refractivity contribution in [2.75, 3.05) is 36.5 Å². The molecule has 182 valence electrons. The Morgan fingerprint density at radius 3 is 2.32 bits per heavy atom. The van der Waals surface area contributed by atoms with Crippen LogP contribution in [-0.2, 0) is 4.79 Å². The Labute approximate surface area is 207 Å². The summed E-state index contributed by atoms with van der Waals surface area (Å²) in [4.78, 5) is 15.8. The van der Waals surface area contributed by atoms with Gasteiger partial charge in [0.05, 0.1) is 30.5 Å². The third-order valence-electron chi connectivity index (χ3n) is 5.68. The fraction of sp³-hybridized carbons (Fsp3) is 0.385. The molecule has 0 radical (unpaired) electrons. The highest BCUT2D eigenvalue weighted by molar-refractivity contribution is 7.80. The van der Waals surface area contributed by atoms with E-state index in [1.807, 2.05) is 39.0 Å². The van der Waals surface area contributed by atoms with Crippen LogP contribution in [0, 0.1) is 0 Å². The molecule has 0 saturated carbocycles. The predicted octanol–water partition coefficient (Wildman–Crippen LogP) is 4.76. The average molecular weight is 483 g/mol. The van der Waals surface area contributed by atoms with E-state index >= 15 is 0 Å². The third kappa shape index (κ3) is 5.80. The van der Waals surface area contributed by atoms with Gasteiger partial charge in [-0.1, -0.05) is 12.1 Å². The predicted molar refractivity (Wildman–Crippen MR) is 142 cm³/mol. The lowest BCUT2D eigenvalue weighted by atomic mass is 9.94. The first-order valence-electron chi connectivity index (χ1n) is 11.8. The highest BCUT2D eigenvalue weighted by Gasteiger charge is 2.30. The second-order valence-corrected chi connectivity index (χ2v) is 8.22. The number of rotatable bonds is 10. The van der Waals surface area contributed by atoms with Gasteiger partial charge in [-0.3, -0.25) is 4.79 Å². The fourth-order valence-corrected chi connectivity index (χ4v) is 4.32. The number of benzene rings is 2. The summed E-state index contributed by atoms with van der Waals surface area (Å²) in [6.45, 7) is 12.8. The summed E-state index contributed by atoms with van der Waals surface area (Å²) in [5.74, 6) is 1.01. The van der Waals surface area contributed by atoms with E-state index in [-0.39, 0.29) is 11.9 Å². The minimum Gasteiger partial charge on any atom is -0.494 e. The van der Waals surface area contributed by atoms with Crippen LogP contribution in [0.1, 0.15) is 46.2 Å². The number of nitrogens with one attached hydrogen (secondary N) is 3. The van der Waals surface area contributed by atoms with Gasteiger partial charge in [0.1, 0.15) is 11.5 Å². The lowest BCUT2D eigenvalue weighted by Crippen LogP contribution is -2.45. The van der Waals surface area contributed by atoms with Gasteiger partial charge in [-0.25, -0.2) is 0 Å². The number of allylic oxidation sites excluding steroid dienone is 1. The summed E-state index contributed by atoms with van der Waals surface area (Å²) in [5, 5.41) is 9.86. The number of amides is 1. The van der Waals surface area contributed by atoms with Gasteiger partial charge in [-0.05, 0) is 76.7 Å². The molecule has 3 N–H and O–H groups in total. The van der Waals surface area contributed by atoms with E-state index in [4.69, 9.17) is 21.7 Å². The number of hydrogen-bond donors (Lipinski definition) is 3. The highest BCUT2D eigenvalue weighted by Crippen LogP contribution is 2.33. The van der Waals surface area contributed by atoms with Crippen LogP contribution >= 0.6 is 12.2 Å². The molecule has 1 aliphatic heterocycles. The van der Waals surface area contributed by atoms with Gasteiger partial charge in [0.2, 0.25) is 0 Å². The van der Waals surface area contributed by atoms with E-state index in [2.05, 4.69) is 46.8 Å². The molecule has 1 unspecified atom stereocenters. The molecule has 2 aromatic carbocycles. The smallest absolute Gasteiger partial charge is 0.255 e. The Kier molecular flexibility index (Phi) is 8.76. The minimum atomic E-state index is -0.384. The Balaban J connectivity index is 1.93. The average Bonchev–Trinajstić information content (AvgIpc) is 2.81. The first kappa shape index (κ1) is 25.4. The van der Waals surface area contributed by atoms with Gasteiger partial charge in [0.25, 0.3) is 5.91 Å². The topological polar surface area (TPSA) is 74.9 Å². The molecule has 1 amide bonds. The Morgan fingerprint density at radius 2 is 1.71 bits per heavy atom. The SMILES string of the molecule is CCOc1ccc(OCC)c(NC(=O)C2=C(C)NC(=S)NC2c2ccc(N(CC)CC)cc2)c1. The van der Waals surface area contributed by atoms with Crippen LogP contribution in [0.2, 0.25) is 0 Å². The molecule has 0 aliphatic carbocycles. The molecule has 1 heterocycles. The molecule has 1 atom stereocenters. The van der Waals surface area contributed by atoms with Crippen LogP contribution < -0.4 is 30.3 Å².